The first kappa shape index (κ1) is 21.5. The second-order valence-corrected chi connectivity index (χ2v) is 14.5. The molecule has 2 nitrogen and oxygen atoms in total. The molecule has 0 aliphatic rings. The Hall–Kier alpha value is -1.78. The maximum atomic E-state index is 11.8. The van der Waals surface area contributed by atoms with E-state index in [1.54, 1.807) is 0 Å². The standard InChI is InChI=1S/C22H14O2P2S4/c23-25(29-27)21-9-5-15(6-10-21)17-1-3-19-14-18(2-4-20(19)13-17)16-7-11-22(12-8-16)26(24)30-28/h1-14H. The molecule has 0 bridgehead atoms. The SMILES string of the molecule is O=P(=S=S)c1ccc(-c2ccc3cc(-c4ccc(P(=O)=S=S)cc4)ccc3c2)cc1. The van der Waals surface area contributed by atoms with Gasteiger partial charge < -0.3 is 0 Å². The van der Waals surface area contributed by atoms with Crippen LogP contribution in [0, 0.1) is 0 Å². The highest BCUT2D eigenvalue weighted by atomic mass is 32.9. The molecular weight excluding hydrogens is 486 g/mol. The molecule has 0 fully saturated rings. The van der Waals surface area contributed by atoms with Gasteiger partial charge in [-0.15, -0.1) is 0 Å². The molecule has 4 aromatic rings. The van der Waals surface area contributed by atoms with E-state index in [1.165, 1.54) is 0 Å². The zero-order valence-corrected chi connectivity index (χ0v) is 20.5. The molecule has 0 aliphatic heterocycles. The predicted octanol–water partition coefficient (Wildman–Crippen LogP) is 6.00. The first-order valence-corrected chi connectivity index (χ1v) is 16.1. The second kappa shape index (κ2) is 9.57. The van der Waals surface area contributed by atoms with Crippen molar-refractivity contribution < 1.29 is 9.13 Å². The molecule has 30 heavy (non-hydrogen) atoms. The number of hydrogen-bond acceptors (Lipinski definition) is 4. The van der Waals surface area contributed by atoms with Crippen LogP contribution in [-0.2, 0) is 50.5 Å². The van der Waals surface area contributed by atoms with Gasteiger partial charge in [0.2, 0.25) is 0 Å². The van der Waals surface area contributed by atoms with Gasteiger partial charge in [0.1, 0.15) is 0 Å². The van der Waals surface area contributed by atoms with E-state index in [0.29, 0.717) is 0 Å². The summed E-state index contributed by atoms with van der Waals surface area (Å²) >= 11 is 9.64. The quantitative estimate of drug-likeness (QED) is 0.322. The molecule has 0 aliphatic carbocycles. The molecule has 4 rings (SSSR count). The van der Waals surface area contributed by atoms with Gasteiger partial charge in [-0.2, -0.15) is 0 Å². The fraction of sp³-hybridized carbons (Fsp3) is 0. The molecule has 2 unspecified atom stereocenters. The maximum absolute atomic E-state index is 11.8. The largest absolute Gasteiger partial charge is 0.265 e. The fourth-order valence-electron chi connectivity index (χ4n) is 3.24. The molecule has 2 atom stereocenters. The predicted molar refractivity (Wildman–Crippen MR) is 139 cm³/mol. The molecule has 148 valence electrons. The Bertz CT molecular complexity index is 1360. The lowest BCUT2D eigenvalue weighted by atomic mass is 9.98. The summed E-state index contributed by atoms with van der Waals surface area (Å²) in [5.74, 6) is 0. The van der Waals surface area contributed by atoms with Crippen molar-refractivity contribution in [3.8, 4) is 22.3 Å². The van der Waals surface area contributed by atoms with Crippen LogP contribution < -0.4 is 10.6 Å². The van der Waals surface area contributed by atoms with Gasteiger partial charge in [-0.05, 0) is 111 Å². The highest BCUT2D eigenvalue weighted by Crippen LogP contribution is 2.28. The van der Waals surface area contributed by atoms with E-state index in [0.717, 1.165) is 62.6 Å². The first-order valence-electron chi connectivity index (χ1n) is 8.88. The lowest BCUT2D eigenvalue weighted by Crippen LogP contribution is -1.92. The van der Waals surface area contributed by atoms with Gasteiger partial charge >= 0.3 is 0 Å². The molecule has 0 saturated heterocycles. The van der Waals surface area contributed by atoms with E-state index >= 15 is 0 Å². The van der Waals surface area contributed by atoms with Crippen molar-refractivity contribution >= 4 is 75.9 Å². The van der Waals surface area contributed by atoms with Crippen LogP contribution in [0.5, 0.6) is 0 Å². The zero-order valence-electron chi connectivity index (χ0n) is 15.4. The number of rotatable bonds is 4. The summed E-state index contributed by atoms with van der Waals surface area (Å²) in [5.41, 5.74) is 4.37. The summed E-state index contributed by atoms with van der Waals surface area (Å²) in [4.78, 5) is 0. The summed E-state index contributed by atoms with van der Waals surface area (Å²) in [6.07, 6.45) is 0. The van der Waals surface area contributed by atoms with Crippen LogP contribution in [0.4, 0.5) is 0 Å². The van der Waals surface area contributed by atoms with Crippen molar-refractivity contribution in [3.05, 3.63) is 84.9 Å². The van der Waals surface area contributed by atoms with Crippen molar-refractivity contribution in [3.63, 3.8) is 0 Å². The molecule has 8 heteroatoms. The number of benzene rings is 4. The average Bonchev–Trinajstić information content (AvgIpc) is 2.82. The minimum Gasteiger partial charge on any atom is -0.265 e. The van der Waals surface area contributed by atoms with Gasteiger partial charge in [0.15, 0.2) is 13.2 Å². The van der Waals surface area contributed by atoms with Crippen LogP contribution in [0.25, 0.3) is 33.0 Å². The van der Waals surface area contributed by atoms with Gasteiger partial charge in [-0.3, -0.25) is 9.13 Å². The maximum Gasteiger partial charge on any atom is 0.197 e. The molecule has 0 N–H and O–H groups in total. The summed E-state index contributed by atoms with van der Waals surface area (Å²) in [5, 5.41) is 3.83. The highest BCUT2D eigenvalue weighted by Gasteiger charge is 2.05. The summed E-state index contributed by atoms with van der Waals surface area (Å²) in [6, 6.07) is 28.2. The third-order valence-electron chi connectivity index (χ3n) is 4.80. The monoisotopic (exact) mass is 500 g/mol. The molecule has 0 spiro atoms. The van der Waals surface area contributed by atoms with Crippen LogP contribution in [0.3, 0.4) is 0 Å². The Kier molecular flexibility index (Phi) is 6.84. The molecule has 0 saturated carbocycles. The smallest absolute Gasteiger partial charge is 0.197 e. The fourth-order valence-corrected chi connectivity index (χ4v) is 7.00. The van der Waals surface area contributed by atoms with E-state index in [-0.39, 0.29) is 0 Å². The van der Waals surface area contributed by atoms with Crippen LogP contribution in [-0.4, -0.2) is 0 Å². The lowest BCUT2D eigenvalue weighted by Gasteiger charge is -2.07. The van der Waals surface area contributed by atoms with Crippen molar-refractivity contribution in [2.75, 3.05) is 0 Å². The third-order valence-corrected chi connectivity index (χ3v) is 11.0. The minimum absolute atomic E-state index is 0.765. The molecule has 4 aromatic carbocycles. The molecule has 0 heterocycles. The van der Waals surface area contributed by atoms with E-state index < -0.39 is 13.2 Å². The van der Waals surface area contributed by atoms with Gasteiger partial charge in [-0.1, -0.05) is 48.5 Å². The van der Waals surface area contributed by atoms with Crippen LogP contribution in [0.2, 0.25) is 0 Å². The van der Waals surface area contributed by atoms with E-state index in [9.17, 15) is 9.13 Å². The van der Waals surface area contributed by atoms with E-state index in [2.05, 4.69) is 36.4 Å². The Morgan fingerprint density at radius 3 is 1.17 bits per heavy atom. The van der Waals surface area contributed by atoms with Crippen molar-refractivity contribution in [2.45, 2.75) is 0 Å². The van der Waals surface area contributed by atoms with E-state index in [4.69, 9.17) is 22.4 Å². The van der Waals surface area contributed by atoms with Crippen molar-refractivity contribution in [1.82, 2.24) is 0 Å². The number of fused-ring (bicyclic) bond motifs is 1. The average molecular weight is 501 g/mol. The van der Waals surface area contributed by atoms with Gasteiger partial charge in [-0.25, -0.2) is 0 Å². The highest BCUT2D eigenvalue weighted by molar-refractivity contribution is 8.34. The first-order chi connectivity index (χ1) is 14.6. The topological polar surface area (TPSA) is 34.1 Å². The van der Waals surface area contributed by atoms with Crippen LogP contribution >= 0.6 is 13.2 Å². The van der Waals surface area contributed by atoms with Crippen molar-refractivity contribution in [2.24, 2.45) is 0 Å². The Morgan fingerprint density at radius 2 is 0.833 bits per heavy atom. The molecule has 0 aromatic heterocycles. The van der Waals surface area contributed by atoms with Gasteiger partial charge in [0.05, 0.1) is 0 Å². The summed E-state index contributed by atoms with van der Waals surface area (Å²) in [6.45, 7) is -3.11. The van der Waals surface area contributed by atoms with Crippen LogP contribution in [0.15, 0.2) is 84.9 Å². The summed E-state index contributed by atoms with van der Waals surface area (Å²) < 4.78 is 23.7. The third kappa shape index (κ3) is 4.60. The lowest BCUT2D eigenvalue weighted by molar-refractivity contribution is 0.601. The van der Waals surface area contributed by atoms with Gasteiger partial charge in [0.25, 0.3) is 0 Å². The Balaban J connectivity index is 1.67. The minimum atomic E-state index is -1.56. The normalized spacial score (nSPS) is 11.7. The van der Waals surface area contributed by atoms with Crippen LogP contribution in [0.1, 0.15) is 0 Å². The zero-order chi connectivity index (χ0) is 21.1. The second-order valence-electron chi connectivity index (χ2n) is 6.53. The molecular formula is C22H14O2P2S4. The van der Waals surface area contributed by atoms with Gasteiger partial charge in [0, 0.05) is 10.6 Å². The Morgan fingerprint density at radius 1 is 0.500 bits per heavy atom. The summed E-state index contributed by atoms with van der Waals surface area (Å²) in [7, 11) is 1.91. The van der Waals surface area contributed by atoms with E-state index in [1.807, 2.05) is 48.5 Å². The molecule has 0 radical (unpaired) electrons. The number of hydrogen-bond donors (Lipinski definition) is 0. The molecule has 0 amide bonds. The Labute approximate surface area is 191 Å². The van der Waals surface area contributed by atoms with Crippen molar-refractivity contribution in [1.29, 1.82) is 0 Å².